The molecular weight excluding hydrogens is 1240 g/mol. The molecule has 0 unspecified atom stereocenters. The van der Waals surface area contributed by atoms with E-state index in [-0.39, 0.29) is 59.6 Å². The van der Waals surface area contributed by atoms with Gasteiger partial charge in [-0.05, 0) is 134 Å². The number of hydrogen-bond donors (Lipinski definition) is 4. The van der Waals surface area contributed by atoms with Crippen LogP contribution in [0.1, 0.15) is 102 Å². The van der Waals surface area contributed by atoms with Gasteiger partial charge in [0.05, 0.1) is 21.7 Å². The van der Waals surface area contributed by atoms with Crippen molar-refractivity contribution in [3.8, 4) is 0 Å². The fraction of sp³-hybridized carbons (Fsp3) is 0.406. The van der Waals surface area contributed by atoms with Crippen LogP contribution in [0.15, 0.2) is 136 Å². The molecule has 90 heavy (non-hydrogen) atoms. The van der Waals surface area contributed by atoms with E-state index in [0.29, 0.717) is 75.4 Å². The monoisotopic (exact) mass is 1310 g/mol. The lowest BCUT2D eigenvalue weighted by Gasteiger charge is -2.39. The third-order valence-electron chi connectivity index (χ3n) is 17.2. The maximum Gasteiger partial charge on any atom is 0.501 e. The van der Waals surface area contributed by atoms with Crippen molar-refractivity contribution >= 4 is 101 Å². The minimum absolute atomic E-state index is 0.0101. The Morgan fingerprint density at radius 3 is 2.18 bits per heavy atom. The van der Waals surface area contributed by atoms with Gasteiger partial charge in [0.25, 0.3) is 37.6 Å². The Kier molecular flexibility index (Phi) is 20.2. The van der Waals surface area contributed by atoms with Gasteiger partial charge in [-0.25, -0.2) is 21.6 Å². The van der Waals surface area contributed by atoms with Crippen molar-refractivity contribution in [2.45, 2.75) is 97.5 Å². The van der Waals surface area contributed by atoms with Gasteiger partial charge in [-0.1, -0.05) is 67.4 Å². The first kappa shape index (κ1) is 65.7. The molecule has 0 bridgehead atoms. The van der Waals surface area contributed by atoms with Crippen molar-refractivity contribution in [2.24, 2.45) is 5.41 Å². The molecule has 4 N–H and O–H groups in total. The molecule has 10 rings (SSSR count). The number of hydrogen-bond acceptors (Lipinski definition) is 16. The molecule has 4 heterocycles. The highest BCUT2D eigenvalue weighted by molar-refractivity contribution is 7.99. The van der Waals surface area contributed by atoms with Crippen LogP contribution in [0, 0.1) is 5.41 Å². The first-order valence-corrected chi connectivity index (χ1v) is 34.3. The van der Waals surface area contributed by atoms with Gasteiger partial charge >= 0.3 is 5.51 Å². The SMILES string of the molecule is CC1(C)CCC(c2ccc(Cl)cc2)=C(CN2CCN(c3ccc(C(=O)NS(=O)(=O)c4ccc(N[C@H](CCN5CCN(C(=O)CCCNc6cccc7c6C(=O)N([C@@H]6CCC(=O)NC6=O)C7=O)CC5)CSc5ccccc5)c(S(=O)(=O)C(F)(F)F)c4)cc3)CC2)C1. The van der Waals surface area contributed by atoms with Crippen LogP contribution in [-0.4, -0.2) is 167 Å². The molecule has 0 aromatic heterocycles. The zero-order valence-electron chi connectivity index (χ0n) is 49.8. The number of carbonyl (C=O) groups excluding carboxylic acids is 6. The van der Waals surface area contributed by atoms with E-state index in [2.05, 4.69) is 56.6 Å². The smallest absolute Gasteiger partial charge is 0.384 e. The van der Waals surface area contributed by atoms with E-state index < -0.39 is 82.5 Å². The number of halogens is 4. The number of thioether (sulfide) groups is 1. The number of sulfone groups is 1. The topological polar surface area (TPSA) is 235 Å². The number of carbonyl (C=O) groups is 6. The molecule has 4 aliphatic heterocycles. The predicted octanol–water partition coefficient (Wildman–Crippen LogP) is 8.94. The fourth-order valence-electron chi connectivity index (χ4n) is 12.2. The first-order chi connectivity index (χ1) is 42.8. The number of sulfonamides is 1. The number of nitrogens with one attached hydrogen (secondary N) is 4. The molecule has 0 saturated carbocycles. The molecule has 26 heteroatoms. The molecule has 5 aromatic rings. The van der Waals surface area contributed by atoms with E-state index in [9.17, 15) is 58.8 Å². The number of imide groups is 2. The summed E-state index contributed by atoms with van der Waals surface area (Å²) in [5.41, 5.74) is -0.749. The van der Waals surface area contributed by atoms with Gasteiger partial charge in [-0.15, -0.1) is 11.8 Å². The second-order valence-corrected chi connectivity index (χ2v) is 29.1. The predicted molar refractivity (Wildman–Crippen MR) is 338 cm³/mol. The van der Waals surface area contributed by atoms with Gasteiger partial charge in [-0.2, -0.15) is 13.2 Å². The highest BCUT2D eigenvalue weighted by Crippen LogP contribution is 2.43. The van der Waals surface area contributed by atoms with Gasteiger partial charge in [0, 0.05) is 123 Å². The van der Waals surface area contributed by atoms with Crippen LogP contribution in [0.5, 0.6) is 0 Å². The van der Waals surface area contributed by atoms with Crippen molar-refractivity contribution in [3.63, 3.8) is 0 Å². The summed E-state index contributed by atoms with van der Waals surface area (Å²) < 4.78 is 99.8. The van der Waals surface area contributed by atoms with Crippen LogP contribution >= 0.6 is 23.4 Å². The van der Waals surface area contributed by atoms with Gasteiger partial charge in [0.15, 0.2) is 0 Å². The van der Waals surface area contributed by atoms with Gasteiger partial charge < -0.3 is 20.4 Å². The van der Waals surface area contributed by atoms with Crippen LogP contribution in [0.2, 0.25) is 5.02 Å². The van der Waals surface area contributed by atoms with E-state index >= 15 is 0 Å². The summed E-state index contributed by atoms with van der Waals surface area (Å²) in [6, 6.07) is 28.8. The number of alkyl halides is 3. The molecule has 1 aliphatic carbocycles. The molecule has 6 amide bonds. The molecule has 0 spiro atoms. The minimum atomic E-state index is -6.18. The summed E-state index contributed by atoms with van der Waals surface area (Å²) in [6.07, 6.45) is 3.93. The average Bonchev–Trinajstić information content (AvgIpc) is 1.48. The Labute approximate surface area is 531 Å². The maximum atomic E-state index is 14.5. The average molecular weight is 1310 g/mol. The van der Waals surface area contributed by atoms with Crippen LogP contribution in [0.4, 0.5) is 30.2 Å². The number of amides is 6. The summed E-state index contributed by atoms with van der Waals surface area (Å²) in [6.45, 7) is 10.8. The summed E-state index contributed by atoms with van der Waals surface area (Å²) in [5, 5.41) is 9.03. The summed E-state index contributed by atoms with van der Waals surface area (Å²) in [7, 11) is -11.1. The molecule has 2 atom stereocenters. The van der Waals surface area contributed by atoms with E-state index in [1.54, 1.807) is 29.2 Å². The zero-order chi connectivity index (χ0) is 64.1. The Bertz CT molecular complexity index is 3810. The van der Waals surface area contributed by atoms with Gasteiger partial charge in [0.1, 0.15) is 10.9 Å². The Hall–Kier alpha value is -7.29. The molecule has 3 saturated heterocycles. The number of anilines is 3. The second-order valence-electron chi connectivity index (χ2n) is 24.0. The summed E-state index contributed by atoms with van der Waals surface area (Å²) in [5.74, 6) is -3.40. The fourth-order valence-corrected chi connectivity index (χ4v) is 15.3. The molecule has 5 aliphatic rings. The van der Waals surface area contributed by atoms with Crippen LogP contribution in [-0.2, 0) is 34.2 Å². The third-order valence-corrected chi connectivity index (χ3v) is 21.4. The molecule has 0 radical (unpaired) electrons. The van der Waals surface area contributed by atoms with Crippen molar-refractivity contribution in [2.75, 3.05) is 93.3 Å². The van der Waals surface area contributed by atoms with Crippen LogP contribution < -0.4 is 25.6 Å². The first-order valence-electron chi connectivity index (χ1n) is 29.9. The van der Waals surface area contributed by atoms with Crippen molar-refractivity contribution in [1.29, 1.82) is 0 Å². The quantitative estimate of drug-likeness (QED) is 0.0288. The van der Waals surface area contributed by atoms with E-state index in [1.807, 2.05) is 47.2 Å². The standard InChI is InChI=1S/C64H71ClF3N9O10S3/c1-63(2)27-25-50(42-13-17-45(65)18-14-42)44(39-63)40-74-32-34-75(35-33-74)47-19-15-43(16-20-47)59(80)72-90(86,87)49-21-22-52(55(38-49)89(84,85)64(66,67)68)70-46(41-88-48-8-4-3-5-9-48)26-29-73-30-36-76(37-31-73)57(79)12-7-28-69-53-11-6-10-51-58(53)62(83)77(61(51)82)54-23-24-56(78)71-60(54)81/h3-6,8-11,13-22,38,46,54,69-70H,7,12,23-37,39-41H2,1-2H3,(H,72,80)(H,71,78,81)/t46-,54-/m1/s1. The minimum Gasteiger partial charge on any atom is -0.384 e. The number of benzene rings is 5. The third kappa shape index (κ3) is 15.4. The molecule has 478 valence electrons. The number of nitrogens with zero attached hydrogens (tertiary/aromatic N) is 5. The lowest BCUT2D eigenvalue weighted by molar-refractivity contribution is -0.136. The highest BCUT2D eigenvalue weighted by Gasteiger charge is 2.49. The Morgan fingerprint density at radius 1 is 0.789 bits per heavy atom. The molecule has 5 aromatic carbocycles. The van der Waals surface area contributed by atoms with Crippen LogP contribution in [0.25, 0.3) is 5.57 Å². The number of rotatable bonds is 22. The van der Waals surface area contributed by atoms with Crippen molar-refractivity contribution in [3.05, 3.63) is 148 Å². The second kappa shape index (κ2) is 27.7. The number of fused-ring (bicyclic) bond motifs is 1. The number of piperidine rings is 1. The summed E-state index contributed by atoms with van der Waals surface area (Å²) in [4.78, 5) is 85.9. The normalized spacial score (nSPS) is 19.0. The largest absolute Gasteiger partial charge is 0.501 e. The Balaban J connectivity index is 0.737. The van der Waals surface area contributed by atoms with Crippen LogP contribution in [0.3, 0.4) is 0 Å². The highest BCUT2D eigenvalue weighted by atomic mass is 35.5. The number of piperazine rings is 2. The van der Waals surface area contributed by atoms with E-state index in [1.165, 1.54) is 46.7 Å². The molecule has 19 nitrogen and oxygen atoms in total. The van der Waals surface area contributed by atoms with E-state index in [4.69, 9.17) is 11.6 Å². The molecular formula is C64H71ClF3N9O10S3. The lowest BCUT2D eigenvalue weighted by Crippen LogP contribution is -2.54. The number of allylic oxidation sites excluding steroid dienone is 1. The summed E-state index contributed by atoms with van der Waals surface area (Å²) >= 11 is 7.59. The zero-order valence-corrected chi connectivity index (χ0v) is 53.0. The van der Waals surface area contributed by atoms with Gasteiger partial charge in [-0.3, -0.25) is 48.8 Å². The Morgan fingerprint density at radius 2 is 1.49 bits per heavy atom. The maximum absolute atomic E-state index is 14.5. The molecule has 3 fully saturated rings. The van der Waals surface area contributed by atoms with Crippen molar-refractivity contribution < 1.29 is 58.8 Å². The van der Waals surface area contributed by atoms with Gasteiger partial charge in [0.2, 0.25) is 17.7 Å². The van der Waals surface area contributed by atoms with E-state index in [0.717, 1.165) is 66.5 Å². The van der Waals surface area contributed by atoms with Crippen molar-refractivity contribution in [1.82, 2.24) is 29.6 Å². The lowest BCUT2D eigenvalue weighted by atomic mass is 9.73.